The second-order valence-corrected chi connectivity index (χ2v) is 5.09. The molecule has 1 aliphatic rings. The van der Waals surface area contributed by atoms with Crippen molar-refractivity contribution in [2.75, 3.05) is 24.5 Å². The van der Waals surface area contributed by atoms with Crippen LogP contribution in [0.4, 0.5) is 6.01 Å². The van der Waals surface area contributed by atoms with Gasteiger partial charge in [0.25, 0.3) is 0 Å². The molecule has 0 aliphatic carbocycles. The monoisotopic (exact) mass is 224 g/mol. The summed E-state index contributed by atoms with van der Waals surface area (Å²) in [6, 6.07) is 0.665. The number of rotatable bonds is 4. The highest BCUT2D eigenvalue weighted by atomic mass is 16.4. The first kappa shape index (κ1) is 11.4. The molecule has 0 atom stereocenters. The SMILES string of the molecule is CCNCc1nnc(N2CCC(C)(C)C2)o1. The Kier molecular flexibility index (Phi) is 3.14. The van der Waals surface area contributed by atoms with Gasteiger partial charge in [-0.15, -0.1) is 5.10 Å². The average Bonchev–Trinajstić information content (AvgIpc) is 2.81. The summed E-state index contributed by atoms with van der Waals surface area (Å²) in [7, 11) is 0. The molecule has 0 unspecified atom stereocenters. The number of anilines is 1. The highest BCUT2D eigenvalue weighted by Crippen LogP contribution is 2.31. The molecule has 1 N–H and O–H groups in total. The third kappa shape index (κ3) is 2.52. The highest BCUT2D eigenvalue weighted by Gasteiger charge is 2.31. The molecule has 0 bridgehead atoms. The second-order valence-electron chi connectivity index (χ2n) is 5.09. The zero-order chi connectivity index (χ0) is 11.6. The summed E-state index contributed by atoms with van der Waals surface area (Å²) in [5.41, 5.74) is 0.357. The topological polar surface area (TPSA) is 54.2 Å². The van der Waals surface area contributed by atoms with E-state index in [9.17, 15) is 0 Å². The lowest BCUT2D eigenvalue weighted by Crippen LogP contribution is -2.22. The minimum Gasteiger partial charge on any atom is -0.407 e. The Balaban J connectivity index is 1.97. The largest absolute Gasteiger partial charge is 0.407 e. The molecule has 0 saturated carbocycles. The van der Waals surface area contributed by atoms with E-state index < -0.39 is 0 Å². The first-order valence-electron chi connectivity index (χ1n) is 5.89. The molecule has 2 heterocycles. The number of hydrogen-bond acceptors (Lipinski definition) is 5. The number of nitrogens with one attached hydrogen (secondary N) is 1. The molecular formula is C11H20N4O. The van der Waals surface area contributed by atoms with Crippen molar-refractivity contribution < 1.29 is 4.42 Å². The lowest BCUT2D eigenvalue weighted by molar-refractivity contribution is 0.412. The van der Waals surface area contributed by atoms with Gasteiger partial charge in [0.2, 0.25) is 5.89 Å². The van der Waals surface area contributed by atoms with Crippen LogP contribution in [0.2, 0.25) is 0 Å². The molecule has 0 aromatic carbocycles. The van der Waals surface area contributed by atoms with Crippen LogP contribution >= 0.6 is 0 Å². The fourth-order valence-corrected chi connectivity index (χ4v) is 1.95. The molecule has 0 radical (unpaired) electrons. The molecule has 1 aromatic heterocycles. The maximum absolute atomic E-state index is 5.60. The third-order valence-electron chi connectivity index (χ3n) is 2.93. The molecule has 5 heteroatoms. The second kappa shape index (κ2) is 4.41. The molecule has 1 aromatic rings. The lowest BCUT2D eigenvalue weighted by Gasteiger charge is -2.17. The normalized spacial score (nSPS) is 19.3. The van der Waals surface area contributed by atoms with Crippen molar-refractivity contribution in [3.05, 3.63) is 5.89 Å². The fourth-order valence-electron chi connectivity index (χ4n) is 1.95. The van der Waals surface area contributed by atoms with Gasteiger partial charge in [-0.25, -0.2) is 0 Å². The summed E-state index contributed by atoms with van der Waals surface area (Å²) >= 11 is 0. The lowest BCUT2D eigenvalue weighted by atomic mass is 9.93. The Morgan fingerprint density at radius 1 is 1.44 bits per heavy atom. The predicted molar refractivity (Wildman–Crippen MR) is 62.3 cm³/mol. The summed E-state index contributed by atoms with van der Waals surface area (Å²) in [5, 5.41) is 11.3. The molecule has 1 fully saturated rings. The maximum atomic E-state index is 5.60. The van der Waals surface area contributed by atoms with Gasteiger partial charge < -0.3 is 14.6 Å². The Bertz CT molecular complexity index is 348. The van der Waals surface area contributed by atoms with Crippen molar-refractivity contribution in [3.63, 3.8) is 0 Å². The Morgan fingerprint density at radius 2 is 2.25 bits per heavy atom. The molecule has 90 valence electrons. The van der Waals surface area contributed by atoms with E-state index in [4.69, 9.17) is 4.42 Å². The van der Waals surface area contributed by atoms with Gasteiger partial charge >= 0.3 is 6.01 Å². The zero-order valence-corrected chi connectivity index (χ0v) is 10.3. The van der Waals surface area contributed by atoms with Crippen LogP contribution in [-0.4, -0.2) is 29.8 Å². The molecule has 16 heavy (non-hydrogen) atoms. The summed E-state index contributed by atoms with van der Waals surface area (Å²) in [4.78, 5) is 2.17. The van der Waals surface area contributed by atoms with E-state index in [1.54, 1.807) is 0 Å². The Labute approximate surface area is 96.2 Å². The van der Waals surface area contributed by atoms with Crippen LogP contribution < -0.4 is 10.2 Å². The van der Waals surface area contributed by atoms with Gasteiger partial charge in [0, 0.05) is 13.1 Å². The van der Waals surface area contributed by atoms with Crippen LogP contribution in [0.3, 0.4) is 0 Å². The van der Waals surface area contributed by atoms with Crippen molar-refractivity contribution in [1.29, 1.82) is 0 Å². The smallest absolute Gasteiger partial charge is 0.318 e. The average molecular weight is 224 g/mol. The van der Waals surface area contributed by atoms with Gasteiger partial charge in [-0.1, -0.05) is 25.9 Å². The number of hydrogen-bond donors (Lipinski definition) is 1. The van der Waals surface area contributed by atoms with Gasteiger partial charge in [0.05, 0.1) is 6.54 Å². The quantitative estimate of drug-likeness (QED) is 0.838. The van der Waals surface area contributed by atoms with E-state index in [0.717, 1.165) is 19.6 Å². The summed E-state index contributed by atoms with van der Waals surface area (Å²) < 4.78 is 5.60. The third-order valence-corrected chi connectivity index (χ3v) is 2.93. The van der Waals surface area contributed by atoms with Crippen LogP contribution in [0.1, 0.15) is 33.1 Å². The molecule has 1 saturated heterocycles. The predicted octanol–water partition coefficient (Wildman–Crippen LogP) is 1.42. The molecular weight excluding hydrogens is 204 g/mol. The van der Waals surface area contributed by atoms with E-state index in [0.29, 0.717) is 23.9 Å². The molecule has 0 amide bonds. The standard InChI is InChI=1S/C11H20N4O/c1-4-12-7-9-13-14-10(16-9)15-6-5-11(2,3)8-15/h12H,4-8H2,1-3H3. The number of nitrogens with zero attached hydrogens (tertiary/aromatic N) is 3. The van der Waals surface area contributed by atoms with Crippen LogP contribution in [0.25, 0.3) is 0 Å². The van der Waals surface area contributed by atoms with Crippen LogP contribution in [-0.2, 0) is 6.54 Å². The van der Waals surface area contributed by atoms with E-state index in [-0.39, 0.29) is 0 Å². The minimum atomic E-state index is 0.357. The first-order chi connectivity index (χ1) is 7.61. The molecule has 0 spiro atoms. The van der Waals surface area contributed by atoms with Gasteiger partial charge in [-0.3, -0.25) is 0 Å². The highest BCUT2D eigenvalue weighted by molar-refractivity contribution is 5.27. The Hall–Kier alpha value is -1.10. The molecule has 5 nitrogen and oxygen atoms in total. The summed E-state index contributed by atoms with van der Waals surface area (Å²) in [5.74, 6) is 0.668. The van der Waals surface area contributed by atoms with Crippen LogP contribution in [0.15, 0.2) is 4.42 Å². The van der Waals surface area contributed by atoms with Gasteiger partial charge in [0.15, 0.2) is 0 Å². The van der Waals surface area contributed by atoms with E-state index in [1.165, 1.54) is 6.42 Å². The van der Waals surface area contributed by atoms with Gasteiger partial charge in [-0.05, 0) is 18.4 Å². The van der Waals surface area contributed by atoms with Gasteiger partial charge in [-0.2, -0.15) is 0 Å². The first-order valence-corrected chi connectivity index (χ1v) is 5.89. The zero-order valence-electron chi connectivity index (χ0n) is 10.3. The van der Waals surface area contributed by atoms with Crippen molar-refractivity contribution in [1.82, 2.24) is 15.5 Å². The van der Waals surface area contributed by atoms with Crippen molar-refractivity contribution in [3.8, 4) is 0 Å². The summed E-state index contributed by atoms with van der Waals surface area (Å²) in [6.45, 7) is 10.2. The minimum absolute atomic E-state index is 0.357. The van der Waals surface area contributed by atoms with Crippen LogP contribution in [0, 0.1) is 5.41 Å². The van der Waals surface area contributed by atoms with Crippen LogP contribution in [0.5, 0.6) is 0 Å². The van der Waals surface area contributed by atoms with E-state index in [2.05, 4.69) is 41.2 Å². The number of aromatic nitrogens is 2. The van der Waals surface area contributed by atoms with E-state index >= 15 is 0 Å². The summed E-state index contributed by atoms with van der Waals surface area (Å²) in [6.07, 6.45) is 1.18. The van der Waals surface area contributed by atoms with Crippen molar-refractivity contribution >= 4 is 6.01 Å². The van der Waals surface area contributed by atoms with E-state index in [1.807, 2.05) is 0 Å². The molecule has 2 rings (SSSR count). The van der Waals surface area contributed by atoms with Crippen molar-refractivity contribution in [2.24, 2.45) is 5.41 Å². The van der Waals surface area contributed by atoms with Gasteiger partial charge in [0.1, 0.15) is 0 Å². The van der Waals surface area contributed by atoms with Crippen molar-refractivity contribution in [2.45, 2.75) is 33.7 Å². The molecule has 1 aliphatic heterocycles. The maximum Gasteiger partial charge on any atom is 0.318 e. The Morgan fingerprint density at radius 3 is 2.88 bits per heavy atom. The fraction of sp³-hybridized carbons (Fsp3) is 0.818.